The molecule has 7 heteroatoms. The molecule has 0 radical (unpaired) electrons. The van der Waals surface area contributed by atoms with Gasteiger partial charge in [-0.2, -0.15) is 0 Å². The molecule has 25 heavy (non-hydrogen) atoms. The third-order valence-electron chi connectivity index (χ3n) is 4.46. The molecule has 0 fully saturated rings. The van der Waals surface area contributed by atoms with Crippen LogP contribution in [0.5, 0.6) is 0 Å². The summed E-state index contributed by atoms with van der Waals surface area (Å²) in [5.74, 6) is -3.30. The van der Waals surface area contributed by atoms with Crippen molar-refractivity contribution < 1.29 is 48.3 Å². The minimum Gasteiger partial charge on any atom is -0.550 e. The van der Waals surface area contributed by atoms with Gasteiger partial charge in [0, 0.05) is 11.9 Å². The van der Waals surface area contributed by atoms with Gasteiger partial charge in [-0.15, -0.1) is 0 Å². The number of quaternary nitrogens is 1. The number of carbonyl (C=O) groups excluding carboxylic acids is 1. The molecule has 0 aliphatic heterocycles. The fourth-order valence-corrected chi connectivity index (χ4v) is 3.13. The summed E-state index contributed by atoms with van der Waals surface area (Å²) in [6.07, 6.45) is 8.06. The van der Waals surface area contributed by atoms with Crippen LogP contribution in [0.3, 0.4) is 0 Å². The van der Waals surface area contributed by atoms with E-state index in [2.05, 4.69) is 6.08 Å². The number of hydrogen-bond acceptors (Lipinski definition) is 4. The predicted octanol–water partition coefficient (Wildman–Crippen LogP) is -1.96. The van der Waals surface area contributed by atoms with Crippen LogP contribution < -0.4 is 24.0 Å². The summed E-state index contributed by atoms with van der Waals surface area (Å²) < 4.78 is 0.308. The van der Waals surface area contributed by atoms with Crippen molar-refractivity contribution in [3.8, 4) is 0 Å². The van der Waals surface area contributed by atoms with Crippen molar-refractivity contribution in [2.45, 2.75) is 46.5 Å². The summed E-state index contributed by atoms with van der Waals surface area (Å²) in [5.41, 5.74) is 0. The van der Waals surface area contributed by atoms with Crippen molar-refractivity contribution in [3.05, 3.63) is 12.2 Å². The first kappa shape index (κ1) is 26.4. The van der Waals surface area contributed by atoms with Gasteiger partial charge >= 0.3 is 24.8 Å². The zero-order chi connectivity index (χ0) is 18.6. The molecule has 0 aromatic heterocycles. The standard InChI is InChI=1S/C18H33NO5.Li/c1-4-5-6-7-8-9-10-19(11-12-20,13-15(2)17(21)22)14-16(3)18(23)24;/h4-5,15-16,20H,6-14H2,1-3H3,(H-,21,22,23,24);/q;+1/b5-4+;. The van der Waals surface area contributed by atoms with E-state index in [-0.39, 0.29) is 32.0 Å². The zero-order valence-corrected chi connectivity index (χ0v) is 16.2. The molecule has 6 nitrogen and oxygen atoms in total. The average molecular weight is 350 g/mol. The smallest absolute Gasteiger partial charge is 0.550 e. The zero-order valence-electron chi connectivity index (χ0n) is 16.2. The van der Waals surface area contributed by atoms with Crippen molar-refractivity contribution in [1.29, 1.82) is 0 Å². The minimum absolute atomic E-state index is 0. The van der Waals surface area contributed by atoms with Crippen molar-refractivity contribution in [1.82, 2.24) is 0 Å². The molecule has 0 aliphatic rings. The van der Waals surface area contributed by atoms with E-state index in [1.807, 2.05) is 13.0 Å². The van der Waals surface area contributed by atoms with E-state index in [4.69, 9.17) is 0 Å². The molecule has 0 saturated heterocycles. The fourth-order valence-electron chi connectivity index (χ4n) is 3.13. The number of aliphatic hydroxyl groups excluding tert-OH is 1. The Morgan fingerprint density at radius 2 is 1.68 bits per heavy atom. The molecule has 0 amide bonds. The monoisotopic (exact) mass is 350 g/mol. The molecule has 3 unspecified atom stereocenters. The molecule has 0 heterocycles. The Hall–Kier alpha value is -0.803. The fraction of sp³-hybridized carbons (Fsp3) is 0.778. The van der Waals surface area contributed by atoms with Gasteiger partial charge in [0.1, 0.15) is 12.5 Å². The minimum atomic E-state index is -1.13. The topological polar surface area (TPSA) is 97.7 Å². The van der Waals surface area contributed by atoms with E-state index < -0.39 is 23.8 Å². The van der Waals surface area contributed by atoms with Gasteiger partial charge in [-0.25, -0.2) is 0 Å². The Balaban J connectivity index is 0. The van der Waals surface area contributed by atoms with E-state index in [9.17, 15) is 24.9 Å². The number of carbonyl (C=O) groups is 2. The molecule has 0 rings (SSSR count). The van der Waals surface area contributed by atoms with Gasteiger partial charge in [-0.1, -0.05) is 19.1 Å². The number of carboxylic acids is 2. The molecule has 0 bridgehead atoms. The number of nitrogens with zero attached hydrogens (tertiary/aromatic N) is 1. The molecule has 0 aromatic rings. The quantitative estimate of drug-likeness (QED) is 0.164. The van der Waals surface area contributed by atoms with Gasteiger partial charge in [0.05, 0.1) is 26.2 Å². The first-order chi connectivity index (χ1) is 11.3. The predicted molar refractivity (Wildman–Crippen MR) is 91.1 cm³/mol. The number of aliphatic carboxylic acids is 2. The number of aliphatic hydroxyl groups is 1. The van der Waals surface area contributed by atoms with Gasteiger partial charge in [-0.3, -0.25) is 4.79 Å². The van der Waals surface area contributed by atoms with Crippen LogP contribution in [0.2, 0.25) is 0 Å². The third kappa shape index (κ3) is 11.4. The van der Waals surface area contributed by atoms with E-state index in [1.165, 1.54) is 0 Å². The van der Waals surface area contributed by atoms with Gasteiger partial charge in [-0.05, 0) is 39.5 Å². The van der Waals surface area contributed by atoms with Gasteiger partial charge < -0.3 is 24.6 Å². The third-order valence-corrected chi connectivity index (χ3v) is 4.46. The van der Waals surface area contributed by atoms with Gasteiger partial charge in [0.15, 0.2) is 0 Å². The number of rotatable bonds is 14. The van der Waals surface area contributed by atoms with Crippen LogP contribution in [0.15, 0.2) is 12.2 Å². The Labute approximate surface area is 163 Å². The molecule has 0 aromatic carbocycles. The maximum atomic E-state index is 11.2. The SMILES string of the molecule is C/C=C/CCCCC[N+](CCO)(CC(C)C(=O)[O-])CC(C)C(=O)O.[Li+]. The van der Waals surface area contributed by atoms with Crippen LogP contribution >= 0.6 is 0 Å². The molecule has 0 aliphatic carbocycles. The van der Waals surface area contributed by atoms with Crippen molar-refractivity contribution in [2.24, 2.45) is 11.8 Å². The van der Waals surface area contributed by atoms with Crippen molar-refractivity contribution in [2.75, 3.05) is 32.8 Å². The largest absolute Gasteiger partial charge is 1.00 e. The second kappa shape index (κ2) is 14.4. The summed E-state index contributed by atoms with van der Waals surface area (Å²) >= 11 is 0. The Bertz CT molecular complexity index is 392. The van der Waals surface area contributed by atoms with Crippen molar-refractivity contribution >= 4 is 11.9 Å². The Morgan fingerprint density at radius 3 is 2.16 bits per heavy atom. The number of unbranched alkanes of at least 4 members (excludes halogenated alkanes) is 3. The van der Waals surface area contributed by atoms with Crippen LogP contribution in [-0.2, 0) is 9.59 Å². The van der Waals surface area contributed by atoms with E-state index in [1.54, 1.807) is 13.8 Å². The maximum Gasteiger partial charge on any atom is 1.00 e. The van der Waals surface area contributed by atoms with Crippen LogP contribution in [0.1, 0.15) is 46.5 Å². The van der Waals surface area contributed by atoms with Crippen LogP contribution in [0, 0.1) is 11.8 Å². The molecule has 0 spiro atoms. The summed E-state index contributed by atoms with van der Waals surface area (Å²) in [6.45, 7) is 6.75. The summed E-state index contributed by atoms with van der Waals surface area (Å²) in [5, 5.41) is 29.8. The first-order valence-corrected chi connectivity index (χ1v) is 8.78. The molecule has 2 N–H and O–H groups in total. The Morgan fingerprint density at radius 1 is 1.08 bits per heavy atom. The summed E-state index contributed by atoms with van der Waals surface area (Å²) in [4.78, 5) is 22.4. The van der Waals surface area contributed by atoms with Crippen molar-refractivity contribution in [3.63, 3.8) is 0 Å². The number of carboxylic acid groups (broad SMARTS) is 2. The Kier molecular flexibility index (Phi) is 15.2. The second-order valence-corrected chi connectivity index (χ2v) is 6.76. The first-order valence-electron chi connectivity index (χ1n) is 8.78. The van der Waals surface area contributed by atoms with Gasteiger partial charge in [0.2, 0.25) is 0 Å². The molecular formula is C18H33LiNO5+. The number of allylic oxidation sites excluding steroid dienone is 2. The summed E-state index contributed by atoms with van der Waals surface area (Å²) in [7, 11) is 0. The van der Waals surface area contributed by atoms with Crippen LogP contribution in [0.25, 0.3) is 0 Å². The van der Waals surface area contributed by atoms with Gasteiger partial charge in [0.25, 0.3) is 0 Å². The maximum absolute atomic E-state index is 11.2. The van der Waals surface area contributed by atoms with E-state index >= 15 is 0 Å². The second-order valence-electron chi connectivity index (χ2n) is 6.76. The summed E-state index contributed by atoms with van der Waals surface area (Å²) in [6, 6.07) is 0. The van der Waals surface area contributed by atoms with E-state index in [0.717, 1.165) is 25.7 Å². The molecular weight excluding hydrogens is 317 g/mol. The number of hydrogen-bond donors (Lipinski definition) is 2. The molecule has 3 atom stereocenters. The molecule has 140 valence electrons. The average Bonchev–Trinajstić information content (AvgIpc) is 2.50. The normalized spacial score (nSPS) is 16.0. The van der Waals surface area contributed by atoms with Crippen LogP contribution in [-0.4, -0.2) is 59.4 Å². The van der Waals surface area contributed by atoms with Crippen LogP contribution in [0.4, 0.5) is 0 Å². The van der Waals surface area contributed by atoms with E-state index in [0.29, 0.717) is 24.1 Å². The molecule has 0 saturated carbocycles.